The molecular formula is C10H11ClN2O2S. The molecule has 1 amide bonds. The quantitative estimate of drug-likeness (QED) is 0.811. The van der Waals surface area contributed by atoms with Gasteiger partial charge in [0.2, 0.25) is 5.91 Å². The molecule has 0 aliphatic heterocycles. The van der Waals surface area contributed by atoms with Crippen LogP contribution in [0.5, 0.6) is 5.75 Å². The molecule has 0 heterocycles. The van der Waals surface area contributed by atoms with Gasteiger partial charge < -0.3 is 15.8 Å². The molecule has 0 unspecified atom stereocenters. The van der Waals surface area contributed by atoms with Crippen molar-refractivity contribution >= 4 is 40.4 Å². The van der Waals surface area contributed by atoms with Gasteiger partial charge in [-0.1, -0.05) is 23.8 Å². The summed E-state index contributed by atoms with van der Waals surface area (Å²) in [4.78, 5) is 11.5. The number of nitrogens with two attached hydrogens (primary N) is 1. The molecular weight excluding hydrogens is 248 g/mol. The van der Waals surface area contributed by atoms with E-state index in [0.717, 1.165) is 0 Å². The Balaban J connectivity index is 2.79. The van der Waals surface area contributed by atoms with E-state index in [4.69, 9.17) is 22.1 Å². The molecule has 16 heavy (non-hydrogen) atoms. The van der Waals surface area contributed by atoms with Crippen molar-refractivity contribution < 1.29 is 9.53 Å². The maximum Gasteiger partial charge on any atom is 0.231 e. The number of nitrogens with one attached hydrogen (secondary N) is 1. The lowest BCUT2D eigenvalue weighted by Crippen LogP contribution is -2.20. The standard InChI is InChI=1S/C10H11ClN2O2S/c1-15-6-2-3-7(11)8(4-6)13-10(14)5-9(12)16/h2-4H,5H2,1H3,(H2,12,16)(H,13,14). The Bertz CT molecular complexity index is 423. The van der Waals surface area contributed by atoms with Gasteiger partial charge in [-0.15, -0.1) is 0 Å². The van der Waals surface area contributed by atoms with E-state index in [0.29, 0.717) is 16.5 Å². The summed E-state index contributed by atoms with van der Waals surface area (Å²) in [6.45, 7) is 0. The van der Waals surface area contributed by atoms with E-state index in [1.54, 1.807) is 18.2 Å². The topological polar surface area (TPSA) is 64.3 Å². The summed E-state index contributed by atoms with van der Waals surface area (Å²) < 4.78 is 5.01. The van der Waals surface area contributed by atoms with Crippen LogP contribution < -0.4 is 15.8 Å². The van der Waals surface area contributed by atoms with Crippen LogP contribution in [0, 0.1) is 0 Å². The van der Waals surface area contributed by atoms with Crippen LogP contribution in [0.2, 0.25) is 5.02 Å². The van der Waals surface area contributed by atoms with Crippen molar-refractivity contribution in [3.63, 3.8) is 0 Å². The van der Waals surface area contributed by atoms with E-state index < -0.39 is 0 Å². The van der Waals surface area contributed by atoms with Crippen molar-refractivity contribution in [3.8, 4) is 5.75 Å². The first-order valence-corrected chi connectivity index (χ1v) is 5.23. The zero-order valence-electron chi connectivity index (χ0n) is 8.62. The molecule has 0 saturated carbocycles. The van der Waals surface area contributed by atoms with Crippen molar-refractivity contribution in [2.24, 2.45) is 5.73 Å². The monoisotopic (exact) mass is 258 g/mol. The molecule has 6 heteroatoms. The van der Waals surface area contributed by atoms with Crippen molar-refractivity contribution in [2.75, 3.05) is 12.4 Å². The molecule has 1 aromatic rings. The molecule has 3 N–H and O–H groups in total. The molecule has 0 fully saturated rings. The van der Waals surface area contributed by atoms with Gasteiger partial charge in [-0.25, -0.2) is 0 Å². The van der Waals surface area contributed by atoms with Crippen LogP contribution in [0.3, 0.4) is 0 Å². The fraction of sp³-hybridized carbons (Fsp3) is 0.200. The van der Waals surface area contributed by atoms with Gasteiger partial charge in [-0.2, -0.15) is 0 Å². The number of benzene rings is 1. The molecule has 0 aliphatic rings. The first-order chi connectivity index (χ1) is 7.52. The van der Waals surface area contributed by atoms with E-state index >= 15 is 0 Å². The molecule has 0 radical (unpaired) electrons. The highest BCUT2D eigenvalue weighted by atomic mass is 35.5. The third-order valence-electron chi connectivity index (χ3n) is 1.78. The maximum atomic E-state index is 11.4. The SMILES string of the molecule is COc1ccc(Cl)c(NC(=O)CC(N)=S)c1. The average molecular weight is 259 g/mol. The highest BCUT2D eigenvalue weighted by Gasteiger charge is 2.07. The van der Waals surface area contributed by atoms with Gasteiger partial charge in [-0.05, 0) is 12.1 Å². The third-order valence-corrected chi connectivity index (χ3v) is 2.26. The minimum Gasteiger partial charge on any atom is -0.497 e. The minimum atomic E-state index is -0.303. The molecule has 0 aliphatic carbocycles. The average Bonchev–Trinajstić information content (AvgIpc) is 2.20. The smallest absolute Gasteiger partial charge is 0.231 e. The first-order valence-electron chi connectivity index (χ1n) is 4.44. The summed E-state index contributed by atoms with van der Waals surface area (Å²) in [6, 6.07) is 4.96. The summed E-state index contributed by atoms with van der Waals surface area (Å²) in [6.07, 6.45) is -0.0110. The number of amides is 1. The van der Waals surface area contributed by atoms with Gasteiger partial charge in [0.05, 0.1) is 29.2 Å². The normalized spacial score (nSPS) is 9.62. The van der Waals surface area contributed by atoms with Gasteiger partial charge in [0.25, 0.3) is 0 Å². The van der Waals surface area contributed by atoms with Crippen LogP contribution in [0.15, 0.2) is 18.2 Å². The highest BCUT2D eigenvalue weighted by molar-refractivity contribution is 7.80. The summed E-state index contributed by atoms with van der Waals surface area (Å²) >= 11 is 10.5. The Morgan fingerprint density at radius 2 is 2.31 bits per heavy atom. The molecule has 0 aromatic heterocycles. The second kappa shape index (κ2) is 5.67. The number of rotatable bonds is 4. The second-order valence-electron chi connectivity index (χ2n) is 3.04. The number of methoxy groups -OCH3 is 1. The molecule has 86 valence electrons. The van der Waals surface area contributed by atoms with Gasteiger partial charge >= 0.3 is 0 Å². The number of carbonyl (C=O) groups excluding carboxylic acids is 1. The molecule has 1 aromatic carbocycles. The maximum absolute atomic E-state index is 11.4. The number of hydrogen-bond acceptors (Lipinski definition) is 3. The molecule has 0 atom stereocenters. The van der Waals surface area contributed by atoms with Crippen LogP contribution in [0.4, 0.5) is 5.69 Å². The van der Waals surface area contributed by atoms with Crippen molar-refractivity contribution in [1.29, 1.82) is 0 Å². The van der Waals surface area contributed by atoms with Crippen molar-refractivity contribution in [1.82, 2.24) is 0 Å². The van der Waals surface area contributed by atoms with E-state index in [-0.39, 0.29) is 17.3 Å². The number of carbonyl (C=O) groups is 1. The Kier molecular flexibility index (Phi) is 4.52. The van der Waals surface area contributed by atoms with Crippen LogP contribution in [0.1, 0.15) is 6.42 Å². The molecule has 1 rings (SSSR count). The molecule has 0 saturated heterocycles. The van der Waals surface area contributed by atoms with E-state index in [9.17, 15) is 4.79 Å². The van der Waals surface area contributed by atoms with Crippen molar-refractivity contribution in [2.45, 2.75) is 6.42 Å². The summed E-state index contributed by atoms with van der Waals surface area (Å²) in [5, 5.41) is 3.03. The predicted octanol–water partition coefficient (Wildman–Crippen LogP) is 1.96. The largest absolute Gasteiger partial charge is 0.497 e. The summed E-state index contributed by atoms with van der Waals surface area (Å²) in [5.41, 5.74) is 5.73. The van der Waals surface area contributed by atoms with E-state index in [1.807, 2.05) is 0 Å². The number of thiocarbonyl (C=S) groups is 1. The van der Waals surface area contributed by atoms with Crippen LogP contribution in [0.25, 0.3) is 0 Å². The molecule has 0 spiro atoms. The third kappa shape index (κ3) is 3.67. The lowest BCUT2D eigenvalue weighted by Gasteiger charge is -2.08. The Hall–Kier alpha value is -1.33. The van der Waals surface area contributed by atoms with Gasteiger partial charge in [0.15, 0.2) is 0 Å². The molecule has 4 nitrogen and oxygen atoms in total. The zero-order chi connectivity index (χ0) is 12.1. The zero-order valence-corrected chi connectivity index (χ0v) is 10.2. The van der Waals surface area contributed by atoms with Gasteiger partial charge in [0.1, 0.15) is 5.75 Å². The van der Waals surface area contributed by atoms with Gasteiger partial charge in [0, 0.05) is 6.07 Å². The lowest BCUT2D eigenvalue weighted by molar-refractivity contribution is -0.115. The van der Waals surface area contributed by atoms with E-state index in [1.165, 1.54) is 7.11 Å². The Morgan fingerprint density at radius 1 is 1.62 bits per heavy atom. The predicted molar refractivity (Wildman–Crippen MR) is 68.0 cm³/mol. The fourth-order valence-electron chi connectivity index (χ4n) is 1.08. The Labute approximate surface area is 104 Å². The summed E-state index contributed by atoms with van der Waals surface area (Å²) in [5.74, 6) is 0.303. The number of hydrogen-bond donors (Lipinski definition) is 2. The molecule has 0 bridgehead atoms. The van der Waals surface area contributed by atoms with Crippen LogP contribution in [-0.2, 0) is 4.79 Å². The first kappa shape index (κ1) is 12.7. The van der Waals surface area contributed by atoms with E-state index in [2.05, 4.69) is 17.5 Å². The fourth-order valence-corrected chi connectivity index (χ4v) is 1.38. The number of anilines is 1. The lowest BCUT2D eigenvalue weighted by atomic mass is 10.3. The number of ether oxygens (including phenoxy) is 1. The highest BCUT2D eigenvalue weighted by Crippen LogP contribution is 2.26. The number of halogens is 1. The van der Waals surface area contributed by atoms with Crippen LogP contribution >= 0.6 is 23.8 Å². The Morgan fingerprint density at radius 3 is 2.88 bits per heavy atom. The van der Waals surface area contributed by atoms with Crippen molar-refractivity contribution in [3.05, 3.63) is 23.2 Å². The van der Waals surface area contributed by atoms with Crippen LogP contribution in [-0.4, -0.2) is 18.0 Å². The van der Waals surface area contributed by atoms with Gasteiger partial charge in [-0.3, -0.25) is 4.79 Å². The summed E-state index contributed by atoms with van der Waals surface area (Å²) in [7, 11) is 1.53. The minimum absolute atomic E-state index is 0.0110. The second-order valence-corrected chi connectivity index (χ2v) is 3.97.